The lowest BCUT2D eigenvalue weighted by Gasteiger charge is -2.38. The summed E-state index contributed by atoms with van der Waals surface area (Å²) in [5.74, 6) is 0.868. The summed E-state index contributed by atoms with van der Waals surface area (Å²) in [5.41, 5.74) is 0. The van der Waals surface area contributed by atoms with E-state index in [0.717, 1.165) is 24.5 Å². The van der Waals surface area contributed by atoms with Crippen LogP contribution in [-0.2, 0) is 0 Å². The first-order valence-corrected chi connectivity index (χ1v) is 7.61. The number of piperidine rings is 1. The Morgan fingerprint density at radius 1 is 1.29 bits per heavy atom. The molecular formula is C15H32N2. The van der Waals surface area contributed by atoms with Gasteiger partial charge in [0.1, 0.15) is 0 Å². The Hall–Kier alpha value is -0.0800. The third-order valence-corrected chi connectivity index (χ3v) is 3.98. The highest BCUT2D eigenvalue weighted by molar-refractivity contribution is 4.82. The molecule has 0 saturated carbocycles. The van der Waals surface area contributed by atoms with Gasteiger partial charge in [-0.3, -0.25) is 0 Å². The fourth-order valence-electron chi connectivity index (χ4n) is 2.89. The SMILES string of the molecule is CCNC1CCN(CCCCC(C)C)C(C)C1. The summed E-state index contributed by atoms with van der Waals surface area (Å²) in [7, 11) is 0. The molecular weight excluding hydrogens is 208 g/mol. The summed E-state index contributed by atoms with van der Waals surface area (Å²) in [6.07, 6.45) is 6.84. The van der Waals surface area contributed by atoms with E-state index in [1.165, 1.54) is 45.2 Å². The molecule has 1 rings (SSSR count). The van der Waals surface area contributed by atoms with Crippen LogP contribution in [0.5, 0.6) is 0 Å². The molecule has 1 aliphatic heterocycles. The van der Waals surface area contributed by atoms with Crippen LogP contribution < -0.4 is 5.32 Å². The van der Waals surface area contributed by atoms with Gasteiger partial charge in [0.15, 0.2) is 0 Å². The van der Waals surface area contributed by atoms with Gasteiger partial charge in [-0.05, 0) is 51.7 Å². The monoisotopic (exact) mass is 240 g/mol. The molecule has 17 heavy (non-hydrogen) atoms. The molecule has 2 nitrogen and oxygen atoms in total. The lowest BCUT2D eigenvalue weighted by Crippen LogP contribution is -2.47. The minimum absolute atomic E-state index is 0.766. The van der Waals surface area contributed by atoms with Gasteiger partial charge in [0.05, 0.1) is 0 Å². The Bertz CT molecular complexity index is 191. The van der Waals surface area contributed by atoms with Gasteiger partial charge in [0, 0.05) is 12.1 Å². The third kappa shape index (κ3) is 5.87. The molecule has 2 atom stereocenters. The van der Waals surface area contributed by atoms with Crippen LogP contribution in [0.2, 0.25) is 0 Å². The van der Waals surface area contributed by atoms with Crippen molar-refractivity contribution in [3.8, 4) is 0 Å². The first kappa shape index (κ1) is 15.0. The van der Waals surface area contributed by atoms with Gasteiger partial charge >= 0.3 is 0 Å². The van der Waals surface area contributed by atoms with Gasteiger partial charge in [-0.15, -0.1) is 0 Å². The minimum atomic E-state index is 0.766. The Balaban J connectivity index is 2.14. The van der Waals surface area contributed by atoms with Crippen molar-refractivity contribution < 1.29 is 0 Å². The van der Waals surface area contributed by atoms with E-state index in [-0.39, 0.29) is 0 Å². The zero-order valence-corrected chi connectivity index (χ0v) is 12.3. The van der Waals surface area contributed by atoms with Crippen LogP contribution in [0.4, 0.5) is 0 Å². The Morgan fingerprint density at radius 3 is 2.65 bits per heavy atom. The van der Waals surface area contributed by atoms with Crippen LogP contribution in [0.3, 0.4) is 0 Å². The first-order valence-electron chi connectivity index (χ1n) is 7.61. The Morgan fingerprint density at radius 2 is 2.06 bits per heavy atom. The molecule has 0 radical (unpaired) electrons. The van der Waals surface area contributed by atoms with Gasteiger partial charge in [-0.2, -0.15) is 0 Å². The molecule has 0 aromatic heterocycles. The number of hydrogen-bond donors (Lipinski definition) is 1. The molecule has 2 unspecified atom stereocenters. The second-order valence-corrected chi connectivity index (χ2v) is 6.05. The van der Waals surface area contributed by atoms with Gasteiger partial charge in [0.2, 0.25) is 0 Å². The van der Waals surface area contributed by atoms with E-state index in [4.69, 9.17) is 0 Å². The van der Waals surface area contributed by atoms with Crippen molar-refractivity contribution in [2.24, 2.45) is 5.92 Å². The number of likely N-dealkylation sites (tertiary alicyclic amines) is 1. The molecule has 1 heterocycles. The molecule has 0 aromatic carbocycles. The molecule has 1 saturated heterocycles. The largest absolute Gasteiger partial charge is 0.314 e. The number of rotatable bonds is 7. The maximum absolute atomic E-state index is 3.59. The third-order valence-electron chi connectivity index (χ3n) is 3.98. The number of unbranched alkanes of at least 4 members (excludes halogenated alkanes) is 1. The fraction of sp³-hybridized carbons (Fsp3) is 1.00. The van der Waals surface area contributed by atoms with Crippen molar-refractivity contribution in [1.82, 2.24) is 10.2 Å². The second-order valence-electron chi connectivity index (χ2n) is 6.05. The predicted octanol–water partition coefficient (Wildman–Crippen LogP) is 3.28. The Kier molecular flexibility index (Phi) is 7.14. The molecule has 1 N–H and O–H groups in total. The lowest BCUT2D eigenvalue weighted by molar-refractivity contribution is 0.134. The molecule has 0 bridgehead atoms. The van der Waals surface area contributed by atoms with Crippen molar-refractivity contribution in [3.63, 3.8) is 0 Å². The zero-order chi connectivity index (χ0) is 12.7. The quantitative estimate of drug-likeness (QED) is 0.687. The van der Waals surface area contributed by atoms with Crippen molar-refractivity contribution >= 4 is 0 Å². The summed E-state index contributed by atoms with van der Waals surface area (Å²) in [4.78, 5) is 2.69. The van der Waals surface area contributed by atoms with Gasteiger partial charge in [-0.25, -0.2) is 0 Å². The van der Waals surface area contributed by atoms with Crippen LogP contribution in [0.25, 0.3) is 0 Å². The number of nitrogens with zero attached hydrogens (tertiary/aromatic N) is 1. The van der Waals surface area contributed by atoms with Crippen molar-refractivity contribution in [1.29, 1.82) is 0 Å². The first-order chi connectivity index (χ1) is 8.13. The molecule has 2 heteroatoms. The minimum Gasteiger partial charge on any atom is -0.314 e. The summed E-state index contributed by atoms with van der Waals surface area (Å²) in [5, 5.41) is 3.59. The molecule has 102 valence electrons. The van der Waals surface area contributed by atoms with Crippen molar-refractivity contribution in [2.75, 3.05) is 19.6 Å². The van der Waals surface area contributed by atoms with Crippen molar-refractivity contribution in [2.45, 2.75) is 71.9 Å². The van der Waals surface area contributed by atoms with E-state index >= 15 is 0 Å². The van der Waals surface area contributed by atoms with Gasteiger partial charge < -0.3 is 10.2 Å². The van der Waals surface area contributed by atoms with E-state index in [1.54, 1.807) is 0 Å². The van der Waals surface area contributed by atoms with Gasteiger partial charge in [-0.1, -0.05) is 33.6 Å². The standard InChI is InChI=1S/C15H32N2/c1-5-16-15-9-11-17(14(4)12-15)10-7-6-8-13(2)3/h13-16H,5-12H2,1-4H3. The van der Waals surface area contributed by atoms with Crippen LogP contribution in [0.15, 0.2) is 0 Å². The van der Waals surface area contributed by atoms with Crippen LogP contribution in [-0.4, -0.2) is 36.6 Å². The van der Waals surface area contributed by atoms with Crippen LogP contribution >= 0.6 is 0 Å². The van der Waals surface area contributed by atoms with E-state index in [9.17, 15) is 0 Å². The van der Waals surface area contributed by atoms with Crippen LogP contribution in [0, 0.1) is 5.92 Å². The zero-order valence-electron chi connectivity index (χ0n) is 12.3. The normalized spacial score (nSPS) is 26.6. The molecule has 0 aliphatic carbocycles. The maximum atomic E-state index is 3.59. The predicted molar refractivity (Wildman–Crippen MR) is 76.4 cm³/mol. The second kappa shape index (κ2) is 8.10. The summed E-state index contributed by atoms with van der Waals surface area (Å²) < 4.78 is 0. The van der Waals surface area contributed by atoms with E-state index < -0.39 is 0 Å². The summed E-state index contributed by atoms with van der Waals surface area (Å²) >= 11 is 0. The molecule has 0 amide bonds. The summed E-state index contributed by atoms with van der Waals surface area (Å²) in [6.45, 7) is 13.0. The smallest absolute Gasteiger partial charge is 0.00939 e. The van der Waals surface area contributed by atoms with E-state index in [0.29, 0.717) is 0 Å². The average molecular weight is 240 g/mol. The lowest BCUT2D eigenvalue weighted by atomic mass is 9.97. The molecule has 1 aliphatic rings. The Labute approximate surface area is 108 Å². The van der Waals surface area contributed by atoms with Crippen molar-refractivity contribution in [3.05, 3.63) is 0 Å². The number of nitrogens with one attached hydrogen (secondary N) is 1. The highest BCUT2D eigenvalue weighted by Crippen LogP contribution is 2.18. The van der Waals surface area contributed by atoms with Crippen LogP contribution in [0.1, 0.15) is 59.8 Å². The highest BCUT2D eigenvalue weighted by Gasteiger charge is 2.23. The van der Waals surface area contributed by atoms with E-state index in [1.807, 2.05) is 0 Å². The van der Waals surface area contributed by atoms with Gasteiger partial charge in [0.25, 0.3) is 0 Å². The average Bonchev–Trinajstić information content (AvgIpc) is 2.27. The summed E-state index contributed by atoms with van der Waals surface area (Å²) in [6, 6.07) is 1.54. The highest BCUT2D eigenvalue weighted by atomic mass is 15.2. The van der Waals surface area contributed by atoms with E-state index in [2.05, 4.69) is 37.9 Å². The topological polar surface area (TPSA) is 15.3 Å². The molecule has 1 fully saturated rings. The fourth-order valence-corrected chi connectivity index (χ4v) is 2.89. The molecule has 0 spiro atoms. The maximum Gasteiger partial charge on any atom is 0.00939 e. The number of hydrogen-bond acceptors (Lipinski definition) is 2. The molecule has 0 aromatic rings.